The number of nitriles is 1. The molecule has 1 saturated heterocycles. The Kier molecular flexibility index (Phi) is 4.28. The quantitative estimate of drug-likeness (QED) is 0.753. The van der Waals surface area contributed by atoms with Gasteiger partial charge in [0, 0.05) is 37.3 Å². The van der Waals surface area contributed by atoms with E-state index in [1.54, 1.807) is 0 Å². The standard InChI is InChI=1S/C12H16N4OS/c1-10-9-18-11(14-10)8-12(17)16-6-4-15(3-2-13)5-7-16/h9H,3-8H2,1H3. The molecule has 18 heavy (non-hydrogen) atoms. The predicted octanol–water partition coefficient (Wildman–Crippen LogP) is 0.662. The van der Waals surface area contributed by atoms with Crippen molar-refractivity contribution in [3.63, 3.8) is 0 Å². The van der Waals surface area contributed by atoms with Gasteiger partial charge in [-0.15, -0.1) is 11.3 Å². The summed E-state index contributed by atoms with van der Waals surface area (Å²) in [5, 5.41) is 11.5. The van der Waals surface area contributed by atoms with Gasteiger partial charge in [0.05, 0.1) is 19.0 Å². The van der Waals surface area contributed by atoms with Crippen molar-refractivity contribution in [1.82, 2.24) is 14.8 Å². The Morgan fingerprint density at radius 3 is 2.78 bits per heavy atom. The van der Waals surface area contributed by atoms with Crippen LogP contribution in [0.15, 0.2) is 5.38 Å². The molecule has 6 heteroatoms. The average molecular weight is 264 g/mol. The number of aryl methyl sites for hydroxylation is 1. The number of rotatable bonds is 3. The molecule has 0 radical (unpaired) electrons. The van der Waals surface area contributed by atoms with E-state index >= 15 is 0 Å². The fourth-order valence-corrected chi connectivity index (χ4v) is 2.74. The number of hydrogen-bond acceptors (Lipinski definition) is 5. The van der Waals surface area contributed by atoms with E-state index in [-0.39, 0.29) is 5.91 Å². The van der Waals surface area contributed by atoms with E-state index in [0.29, 0.717) is 26.1 Å². The zero-order valence-electron chi connectivity index (χ0n) is 10.4. The maximum atomic E-state index is 12.1. The third kappa shape index (κ3) is 3.28. The van der Waals surface area contributed by atoms with Crippen molar-refractivity contribution in [3.05, 3.63) is 16.1 Å². The van der Waals surface area contributed by atoms with Gasteiger partial charge in [0.25, 0.3) is 0 Å². The highest BCUT2D eigenvalue weighted by Gasteiger charge is 2.21. The van der Waals surface area contributed by atoms with Crippen molar-refractivity contribution in [1.29, 1.82) is 5.26 Å². The average Bonchev–Trinajstić information content (AvgIpc) is 2.76. The number of aromatic nitrogens is 1. The lowest BCUT2D eigenvalue weighted by Crippen LogP contribution is -2.49. The minimum Gasteiger partial charge on any atom is -0.340 e. The van der Waals surface area contributed by atoms with E-state index in [1.807, 2.05) is 17.2 Å². The zero-order valence-corrected chi connectivity index (χ0v) is 11.2. The normalized spacial score (nSPS) is 16.6. The number of piperazine rings is 1. The lowest BCUT2D eigenvalue weighted by Gasteiger charge is -2.33. The van der Waals surface area contributed by atoms with Gasteiger partial charge in [-0.05, 0) is 6.92 Å². The second kappa shape index (κ2) is 5.94. The van der Waals surface area contributed by atoms with Crippen molar-refractivity contribution in [2.75, 3.05) is 32.7 Å². The summed E-state index contributed by atoms with van der Waals surface area (Å²) >= 11 is 1.54. The summed E-state index contributed by atoms with van der Waals surface area (Å²) in [5.41, 5.74) is 0.974. The monoisotopic (exact) mass is 264 g/mol. The first kappa shape index (κ1) is 13.0. The maximum Gasteiger partial charge on any atom is 0.229 e. The Balaban J connectivity index is 1.83. The van der Waals surface area contributed by atoms with Gasteiger partial charge in [-0.1, -0.05) is 0 Å². The molecule has 0 atom stereocenters. The van der Waals surface area contributed by atoms with Gasteiger partial charge in [0.1, 0.15) is 5.01 Å². The first-order valence-electron chi connectivity index (χ1n) is 5.97. The number of thiazole rings is 1. The molecule has 1 aliphatic heterocycles. The second-order valence-electron chi connectivity index (χ2n) is 4.37. The van der Waals surface area contributed by atoms with E-state index in [2.05, 4.69) is 16.0 Å². The number of amides is 1. The molecular formula is C12H16N4OS. The summed E-state index contributed by atoms with van der Waals surface area (Å²) in [4.78, 5) is 20.3. The lowest BCUT2D eigenvalue weighted by molar-refractivity contribution is -0.132. The molecule has 0 saturated carbocycles. The van der Waals surface area contributed by atoms with Crippen LogP contribution in [0.5, 0.6) is 0 Å². The molecule has 0 spiro atoms. The molecule has 1 aromatic heterocycles. The van der Waals surface area contributed by atoms with Crippen molar-refractivity contribution < 1.29 is 4.79 Å². The van der Waals surface area contributed by atoms with Gasteiger partial charge in [0.15, 0.2) is 0 Å². The van der Waals surface area contributed by atoms with Crippen LogP contribution < -0.4 is 0 Å². The fourth-order valence-electron chi connectivity index (χ4n) is 1.98. The van der Waals surface area contributed by atoms with Crippen LogP contribution in [-0.2, 0) is 11.2 Å². The van der Waals surface area contributed by atoms with Crippen molar-refractivity contribution in [2.45, 2.75) is 13.3 Å². The molecule has 0 N–H and O–H groups in total. The molecule has 5 nitrogen and oxygen atoms in total. The molecule has 2 rings (SSSR count). The van der Waals surface area contributed by atoms with Gasteiger partial charge in [-0.3, -0.25) is 9.69 Å². The Morgan fingerprint density at radius 2 is 2.22 bits per heavy atom. The summed E-state index contributed by atoms with van der Waals surface area (Å²) in [6.45, 7) is 5.39. The van der Waals surface area contributed by atoms with E-state index in [4.69, 9.17) is 5.26 Å². The molecule has 1 aliphatic rings. The molecule has 1 amide bonds. The van der Waals surface area contributed by atoms with E-state index in [1.165, 1.54) is 11.3 Å². The number of carbonyl (C=O) groups is 1. The number of carbonyl (C=O) groups excluding carboxylic acids is 1. The van der Waals surface area contributed by atoms with Crippen LogP contribution in [-0.4, -0.2) is 53.4 Å². The molecule has 0 unspecified atom stereocenters. The van der Waals surface area contributed by atoms with Crippen LogP contribution in [0.4, 0.5) is 0 Å². The van der Waals surface area contributed by atoms with Gasteiger partial charge in [0.2, 0.25) is 5.91 Å². The van der Waals surface area contributed by atoms with E-state index in [9.17, 15) is 4.79 Å². The van der Waals surface area contributed by atoms with Crippen LogP contribution in [0.2, 0.25) is 0 Å². The molecule has 0 aliphatic carbocycles. The van der Waals surface area contributed by atoms with Crippen molar-refractivity contribution in [2.24, 2.45) is 0 Å². The van der Waals surface area contributed by atoms with E-state index in [0.717, 1.165) is 23.8 Å². The lowest BCUT2D eigenvalue weighted by atomic mass is 10.3. The first-order chi connectivity index (χ1) is 8.69. The van der Waals surface area contributed by atoms with Gasteiger partial charge >= 0.3 is 0 Å². The first-order valence-corrected chi connectivity index (χ1v) is 6.85. The van der Waals surface area contributed by atoms with Crippen LogP contribution in [0.1, 0.15) is 10.7 Å². The third-order valence-corrected chi connectivity index (χ3v) is 3.96. The molecule has 2 heterocycles. The largest absolute Gasteiger partial charge is 0.340 e. The van der Waals surface area contributed by atoms with Gasteiger partial charge in [-0.2, -0.15) is 5.26 Å². The summed E-state index contributed by atoms with van der Waals surface area (Å²) in [7, 11) is 0. The zero-order chi connectivity index (χ0) is 13.0. The molecule has 0 aromatic carbocycles. The smallest absolute Gasteiger partial charge is 0.229 e. The third-order valence-electron chi connectivity index (χ3n) is 2.99. The second-order valence-corrected chi connectivity index (χ2v) is 5.32. The van der Waals surface area contributed by atoms with Crippen LogP contribution in [0.25, 0.3) is 0 Å². The summed E-state index contributed by atoms with van der Waals surface area (Å²) in [5.74, 6) is 0.140. The predicted molar refractivity (Wildman–Crippen MR) is 69.2 cm³/mol. The van der Waals surface area contributed by atoms with Crippen molar-refractivity contribution in [3.8, 4) is 6.07 Å². The SMILES string of the molecule is Cc1csc(CC(=O)N2CCN(CC#N)CC2)n1. The number of hydrogen-bond donors (Lipinski definition) is 0. The Bertz CT molecular complexity index is 457. The highest BCUT2D eigenvalue weighted by molar-refractivity contribution is 7.09. The minimum atomic E-state index is 0.140. The Hall–Kier alpha value is -1.45. The fraction of sp³-hybridized carbons (Fsp3) is 0.583. The van der Waals surface area contributed by atoms with Crippen LogP contribution >= 0.6 is 11.3 Å². The summed E-state index contributed by atoms with van der Waals surface area (Å²) in [6.07, 6.45) is 0.400. The molecule has 1 fully saturated rings. The molecule has 1 aromatic rings. The minimum absolute atomic E-state index is 0.140. The van der Waals surface area contributed by atoms with Gasteiger partial charge < -0.3 is 4.90 Å². The molecular weight excluding hydrogens is 248 g/mol. The Morgan fingerprint density at radius 1 is 1.50 bits per heavy atom. The summed E-state index contributed by atoms with van der Waals surface area (Å²) in [6, 6.07) is 2.14. The summed E-state index contributed by atoms with van der Waals surface area (Å²) < 4.78 is 0. The highest BCUT2D eigenvalue weighted by atomic mass is 32.1. The highest BCUT2D eigenvalue weighted by Crippen LogP contribution is 2.11. The van der Waals surface area contributed by atoms with Crippen molar-refractivity contribution >= 4 is 17.2 Å². The topological polar surface area (TPSA) is 60.2 Å². The Labute approximate surface area is 111 Å². The van der Waals surface area contributed by atoms with Crippen LogP contribution in [0, 0.1) is 18.3 Å². The van der Waals surface area contributed by atoms with Gasteiger partial charge in [-0.25, -0.2) is 4.98 Å². The van der Waals surface area contributed by atoms with Crippen LogP contribution in [0.3, 0.4) is 0 Å². The maximum absolute atomic E-state index is 12.1. The van der Waals surface area contributed by atoms with E-state index < -0.39 is 0 Å². The molecule has 96 valence electrons. The number of nitrogens with zero attached hydrogens (tertiary/aromatic N) is 4. The molecule has 0 bridgehead atoms.